The fourth-order valence-electron chi connectivity index (χ4n) is 1.96. The van der Waals surface area contributed by atoms with Crippen molar-refractivity contribution in [3.05, 3.63) is 29.6 Å². The second-order valence-electron chi connectivity index (χ2n) is 4.80. The molecule has 0 bridgehead atoms. The first kappa shape index (κ1) is 14.0. The van der Waals surface area contributed by atoms with Crippen LogP contribution < -0.4 is 10.6 Å². The Morgan fingerprint density at radius 1 is 1.35 bits per heavy atom. The van der Waals surface area contributed by atoms with Gasteiger partial charge in [0.2, 0.25) is 0 Å². The van der Waals surface area contributed by atoms with Crippen LogP contribution in [0.5, 0.6) is 0 Å². The van der Waals surface area contributed by atoms with E-state index in [0.717, 1.165) is 12.0 Å². The average molecular weight is 238 g/mol. The number of hydrogen-bond acceptors (Lipinski definition) is 2. The molecule has 0 amide bonds. The van der Waals surface area contributed by atoms with E-state index in [0.29, 0.717) is 18.2 Å². The molecule has 0 aliphatic heterocycles. The van der Waals surface area contributed by atoms with Gasteiger partial charge >= 0.3 is 0 Å². The van der Waals surface area contributed by atoms with Crippen LogP contribution in [0.1, 0.15) is 32.8 Å². The molecule has 0 saturated heterocycles. The zero-order valence-corrected chi connectivity index (χ0v) is 11.2. The highest BCUT2D eigenvalue weighted by atomic mass is 19.1. The quantitative estimate of drug-likeness (QED) is 0.854. The molecular weight excluding hydrogens is 215 g/mol. The van der Waals surface area contributed by atoms with Gasteiger partial charge in [0.25, 0.3) is 0 Å². The molecule has 0 spiro atoms. The zero-order chi connectivity index (χ0) is 13.0. The van der Waals surface area contributed by atoms with Crippen LogP contribution in [0.15, 0.2) is 18.2 Å². The molecule has 0 aliphatic carbocycles. The Bertz CT molecular complexity index is 363. The van der Waals surface area contributed by atoms with Crippen LogP contribution >= 0.6 is 0 Å². The molecule has 1 aromatic carbocycles. The van der Waals surface area contributed by atoms with Crippen LogP contribution in [0, 0.1) is 5.82 Å². The summed E-state index contributed by atoms with van der Waals surface area (Å²) in [5, 5.41) is 0. The maximum absolute atomic E-state index is 14.0. The highest BCUT2D eigenvalue weighted by molar-refractivity contribution is 5.55. The number of nitrogens with two attached hydrogens (primary N) is 1. The summed E-state index contributed by atoms with van der Waals surface area (Å²) in [6.45, 7) is 6.15. The number of rotatable bonds is 5. The number of benzene rings is 1. The van der Waals surface area contributed by atoms with Crippen LogP contribution in [0.25, 0.3) is 0 Å². The Morgan fingerprint density at radius 3 is 2.53 bits per heavy atom. The summed E-state index contributed by atoms with van der Waals surface area (Å²) >= 11 is 0. The van der Waals surface area contributed by atoms with Crippen molar-refractivity contribution in [1.82, 2.24) is 0 Å². The lowest BCUT2D eigenvalue weighted by atomic mass is 10.0. The van der Waals surface area contributed by atoms with Crippen molar-refractivity contribution in [3.63, 3.8) is 0 Å². The van der Waals surface area contributed by atoms with E-state index in [9.17, 15) is 4.39 Å². The maximum Gasteiger partial charge on any atom is 0.146 e. The largest absolute Gasteiger partial charge is 0.369 e. The van der Waals surface area contributed by atoms with Crippen molar-refractivity contribution in [3.8, 4) is 0 Å². The monoisotopic (exact) mass is 238 g/mol. The highest BCUT2D eigenvalue weighted by Gasteiger charge is 2.17. The maximum atomic E-state index is 14.0. The summed E-state index contributed by atoms with van der Waals surface area (Å²) < 4.78 is 14.0. The van der Waals surface area contributed by atoms with Gasteiger partial charge in [0, 0.05) is 19.1 Å². The van der Waals surface area contributed by atoms with E-state index in [-0.39, 0.29) is 11.9 Å². The predicted molar refractivity (Wildman–Crippen MR) is 71.9 cm³/mol. The second-order valence-corrected chi connectivity index (χ2v) is 4.80. The molecule has 0 fully saturated rings. The first-order valence-corrected chi connectivity index (χ1v) is 6.23. The summed E-state index contributed by atoms with van der Waals surface area (Å²) in [6.07, 6.45) is 1.69. The van der Waals surface area contributed by atoms with Gasteiger partial charge < -0.3 is 10.6 Å². The average Bonchev–Trinajstić information content (AvgIpc) is 2.26. The van der Waals surface area contributed by atoms with E-state index >= 15 is 0 Å². The number of para-hydroxylation sites is 1. The fourth-order valence-corrected chi connectivity index (χ4v) is 1.96. The first-order valence-electron chi connectivity index (χ1n) is 6.23. The zero-order valence-electron chi connectivity index (χ0n) is 11.2. The standard InChI is InChI=1S/C14H23FN2/c1-5-11(3)17(4)14-12(9-10(2)16)7-6-8-13(14)15/h6-8,10-11H,5,9,16H2,1-4H3. The molecule has 0 heterocycles. The molecule has 1 rings (SSSR count). The Morgan fingerprint density at radius 2 is 2.00 bits per heavy atom. The van der Waals surface area contributed by atoms with E-state index in [2.05, 4.69) is 13.8 Å². The van der Waals surface area contributed by atoms with Crippen LogP contribution in [-0.4, -0.2) is 19.1 Å². The van der Waals surface area contributed by atoms with Crippen molar-refractivity contribution in [1.29, 1.82) is 0 Å². The lowest BCUT2D eigenvalue weighted by Crippen LogP contribution is -2.30. The van der Waals surface area contributed by atoms with E-state index in [1.165, 1.54) is 6.07 Å². The molecule has 0 aromatic heterocycles. The van der Waals surface area contributed by atoms with Crippen LogP contribution in [0.4, 0.5) is 10.1 Å². The molecule has 0 radical (unpaired) electrons. The predicted octanol–water partition coefficient (Wildman–Crippen LogP) is 2.95. The Balaban J connectivity index is 3.10. The van der Waals surface area contributed by atoms with Crippen molar-refractivity contribution in [2.75, 3.05) is 11.9 Å². The van der Waals surface area contributed by atoms with Crippen LogP contribution in [0.3, 0.4) is 0 Å². The van der Waals surface area contributed by atoms with Gasteiger partial charge in [-0.05, 0) is 38.3 Å². The van der Waals surface area contributed by atoms with Gasteiger partial charge in [-0.25, -0.2) is 4.39 Å². The number of hydrogen-bond donors (Lipinski definition) is 1. The van der Waals surface area contributed by atoms with Gasteiger partial charge in [-0.2, -0.15) is 0 Å². The van der Waals surface area contributed by atoms with Gasteiger partial charge in [-0.15, -0.1) is 0 Å². The molecule has 1 aromatic rings. The Hall–Kier alpha value is -1.09. The van der Waals surface area contributed by atoms with Crippen molar-refractivity contribution < 1.29 is 4.39 Å². The third kappa shape index (κ3) is 3.43. The summed E-state index contributed by atoms with van der Waals surface area (Å²) in [5.74, 6) is -0.161. The van der Waals surface area contributed by atoms with E-state index in [4.69, 9.17) is 5.73 Å². The molecule has 0 aliphatic rings. The normalized spacial score (nSPS) is 14.5. The van der Waals surface area contributed by atoms with E-state index in [1.54, 1.807) is 6.07 Å². The minimum absolute atomic E-state index is 0.0425. The highest BCUT2D eigenvalue weighted by Crippen LogP contribution is 2.26. The third-order valence-electron chi connectivity index (χ3n) is 3.22. The summed E-state index contributed by atoms with van der Waals surface area (Å²) in [4.78, 5) is 2.01. The van der Waals surface area contributed by atoms with Crippen molar-refractivity contribution in [2.45, 2.75) is 45.7 Å². The lowest BCUT2D eigenvalue weighted by Gasteiger charge is -2.29. The minimum Gasteiger partial charge on any atom is -0.369 e. The molecule has 2 atom stereocenters. The third-order valence-corrected chi connectivity index (χ3v) is 3.22. The second kappa shape index (κ2) is 6.01. The molecule has 2 nitrogen and oxygen atoms in total. The molecule has 2 unspecified atom stereocenters. The minimum atomic E-state index is -0.161. The smallest absolute Gasteiger partial charge is 0.146 e. The van der Waals surface area contributed by atoms with Crippen LogP contribution in [0.2, 0.25) is 0 Å². The van der Waals surface area contributed by atoms with E-state index < -0.39 is 0 Å². The SMILES string of the molecule is CCC(C)N(C)c1c(F)cccc1CC(C)N. The number of anilines is 1. The first-order chi connectivity index (χ1) is 7.97. The van der Waals surface area contributed by atoms with Gasteiger partial charge in [0.15, 0.2) is 0 Å². The summed E-state index contributed by atoms with van der Waals surface area (Å²) in [7, 11) is 1.94. The lowest BCUT2D eigenvalue weighted by molar-refractivity contribution is 0.593. The van der Waals surface area contributed by atoms with Gasteiger partial charge in [0.1, 0.15) is 5.82 Å². The van der Waals surface area contributed by atoms with E-state index in [1.807, 2.05) is 24.9 Å². The number of nitrogens with zero attached hydrogens (tertiary/aromatic N) is 1. The summed E-state index contributed by atoms with van der Waals surface area (Å²) in [6, 6.07) is 5.58. The Labute approximate surface area is 104 Å². The number of halogens is 1. The van der Waals surface area contributed by atoms with Gasteiger partial charge in [-0.1, -0.05) is 19.1 Å². The molecular formula is C14H23FN2. The molecule has 0 saturated carbocycles. The van der Waals surface area contributed by atoms with Gasteiger partial charge in [-0.3, -0.25) is 0 Å². The molecule has 3 heteroatoms. The topological polar surface area (TPSA) is 29.3 Å². The van der Waals surface area contributed by atoms with Gasteiger partial charge in [0.05, 0.1) is 5.69 Å². The fraction of sp³-hybridized carbons (Fsp3) is 0.571. The van der Waals surface area contributed by atoms with Crippen LogP contribution in [-0.2, 0) is 6.42 Å². The molecule has 17 heavy (non-hydrogen) atoms. The molecule has 96 valence electrons. The van der Waals surface area contributed by atoms with Crippen molar-refractivity contribution >= 4 is 5.69 Å². The van der Waals surface area contributed by atoms with Crippen molar-refractivity contribution in [2.24, 2.45) is 5.73 Å². The molecule has 2 N–H and O–H groups in total. The Kier molecular flexibility index (Phi) is 4.94. The summed E-state index contributed by atoms with van der Waals surface area (Å²) in [5.41, 5.74) is 7.49.